The van der Waals surface area contributed by atoms with Gasteiger partial charge in [0.05, 0.1) is 6.61 Å². The highest BCUT2D eigenvalue weighted by Crippen LogP contribution is 2.13. The van der Waals surface area contributed by atoms with Gasteiger partial charge in [-0.05, 0) is 26.0 Å². The molecule has 0 aliphatic rings. The first-order valence-corrected chi connectivity index (χ1v) is 6.47. The first-order chi connectivity index (χ1) is 9.95. The van der Waals surface area contributed by atoms with E-state index in [1.54, 1.807) is 37.3 Å². The highest BCUT2D eigenvalue weighted by molar-refractivity contribution is 5.98. The Balaban J connectivity index is 2.82. The Hall–Kier alpha value is -2.57. The molecule has 0 heterocycles. The number of urea groups is 1. The summed E-state index contributed by atoms with van der Waals surface area (Å²) in [6.07, 6.45) is 0. The summed E-state index contributed by atoms with van der Waals surface area (Å²) >= 11 is 0. The molecule has 1 aromatic carbocycles. The van der Waals surface area contributed by atoms with Crippen molar-refractivity contribution in [2.75, 3.05) is 18.1 Å². The molecule has 7 heteroatoms. The number of para-hydroxylation sites is 1. The topological polar surface area (TPSA) is 95.9 Å². The highest BCUT2D eigenvalue weighted by atomic mass is 16.5. The minimum absolute atomic E-state index is 0.205. The molecule has 114 valence electrons. The SMILES string of the molecule is CCOC(=O)C(C)NC(=O)N(CC(=O)O)c1ccccc1. The lowest BCUT2D eigenvalue weighted by Gasteiger charge is -2.23. The van der Waals surface area contributed by atoms with Crippen LogP contribution in [-0.4, -0.2) is 42.3 Å². The lowest BCUT2D eigenvalue weighted by Crippen LogP contribution is -2.48. The molecule has 0 saturated carbocycles. The number of nitrogens with one attached hydrogen (secondary N) is 1. The van der Waals surface area contributed by atoms with E-state index >= 15 is 0 Å². The zero-order valence-corrected chi connectivity index (χ0v) is 11.9. The van der Waals surface area contributed by atoms with Crippen molar-refractivity contribution in [1.29, 1.82) is 0 Å². The van der Waals surface area contributed by atoms with Crippen LogP contribution in [0.3, 0.4) is 0 Å². The van der Waals surface area contributed by atoms with E-state index in [2.05, 4.69) is 5.32 Å². The number of carbonyl (C=O) groups excluding carboxylic acids is 2. The maximum Gasteiger partial charge on any atom is 0.328 e. The van der Waals surface area contributed by atoms with Gasteiger partial charge in [0, 0.05) is 5.69 Å². The first kappa shape index (κ1) is 16.5. The quantitative estimate of drug-likeness (QED) is 0.769. The smallest absolute Gasteiger partial charge is 0.328 e. The van der Waals surface area contributed by atoms with Crippen LogP contribution < -0.4 is 10.2 Å². The molecule has 0 aromatic heterocycles. The molecule has 0 radical (unpaired) electrons. The summed E-state index contributed by atoms with van der Waals surface area (Å²) in [7, 11) is 0. The Morgan fingerprint density at radius 3 is 2.43 bits per heavy atom. The normalized spacial score (nSPS) is 11.3. The second kappa shape index (κ2) is 7.88. The van der Waals surface area contributed by atoms with E-state index in [0.717, 1.165) is 4.90 Å². The molecule has 0 aliphatic heterocycles. The Morgan fingerprint density at radius 1 is 1.29 bits per heavy atom. The Morgan fingerprint density at radius 2 is 1.90 bits per heavy atom. The number of carboxylic acid groups (broad SMARTS) is 1. The number of nitrogens with zero attached hydrogens (tertiary/aromatic N) is 1. The van der Waals surface area contributed by atoms with Gasteiger partial charge in [-0.1, -0.05) is 18.2 Å². The fourth-order valence-corrected chi connectivity index (χ4v) is 1.61. The monoisotopic (exact) mass is 294 g/mol. The molecular formula is C14H18N2O5. The molecule has 1 atom stereocenters. The fourth-order valence-electron chi connectivity index (χ4n) is 1.61. The summed E-state index contributed by atoms with van der Waals surface area (Å²) in [6.45, 7) is 2.83. The molecule has 0 aliphatic carbocycles. The molecular weight excluding hydrogens is 276 g/mol. The van der Waals surface area contributed by atoms with Crippen molar-refractivity contribution >= 4 is 23.7 Å². The number of benzene rings is 1. The predicted molar refractivity (Wildman–Crippen MR) is 76.1 cm³/mol. The number of hydrogen-bond acceptors (Lipinski definition) is 4. The zero-order chi connectivity index (χ0) is 15.8. The van der Waals surface area contributed by atoms with Crippen LogP contribution in [0.2, 0.25) is 0 Å². The Bertz CT molecular complexity index is 503. The molecule has 0 saturated heterocycles. The molecule has 2 amide bonds. The number of aliphatic carboxylic acids is 1. The molecule has 0 fully saturated rings. The maximum atomic E-state index is 12.1. The summed E-state index contributed by atoms with van der Waals surface area (Å²) in [5.41, 5.74) is 0.424. The van der Waals surface area contributed by atoms with Gasteiger partial charge in [-0.25, -0.2) is 9.59 Å². The summed E-state index contributed by atoms with van der Waals surface area (Å²) in [6, 6.07) is 6.80. The van der Waals surface area contributed by atoms with Gasteiger partial charge in [0.2, 0.25) is 0 Å². The molecule has 0 spiro atoms. The standard InChI is InChI=1S/C14H18N2O5/c1-3-21-13(19)10(2)15-14(20)16(9-12(17)18)11-7-5-4-6-8-11/h4-8,10H,3,9H2,1-2H3,(H,15,20)(H,17,18). The second-order valence-electron chi connectivity index (χ2n) is 4.24. The van der Waals surface area contributed by atoms with E-state index in [-0.39, 0.29) is 6.61 Å². The van der Waals surface area contributed by atoms with Gasteiger partial charge in [0.1, 0.15) is 12.6 Å². The van der Waals surface area contributed by atoms with E-state index in [1.165, 1.54) is 6.92 Å². The number of amides is 2. The van der Waals surface area contributed by atoms with Crippen LogP contribution in [0.5, 0.6) is 0 Å². The Labute approximate surface area is 122 Å². The van der Waals surface area contributed by atoms with Crippen molar-refractivity contribution in [3.8, 4) is 0 Å². The lowest BCUT2D eigenvalue weighted by atomic mass is 10.3. The number of esters is 1. The van der Waals surface area contributed by atoms with Crippen LogP contribution in [0.25, 0.3) is 0 Å². The van der Waals surface area contributed by atoms with Gasteiger partial charge in [-0.2, -0.15) is 0 Å². The lowest BCUT2D eigenvalue weighted by molar-refractivity contribution is -0.144. The number of anilines is 1. The van der Waals surface area contributed by atoms with Gasteiger partial charge in [-0.3, -0.25) is 9.69 Å². The molecule has 2 N–H and O–H groups in total. The number of ether oxygens (including phenoxy) is 1. The van der Waals surface area contributed by atoms with Crippen molar-refractivity contribution < 1.29 is 24.2 Å². The molecule has 1 unspecified atom stereocenters. The summed E-state index contributed by atoms with van der Waals surface area (Å²) in [5, 5.41) is 11.3. The molecule has 7 nitrogen and oxygen atoms in total. The number of carboxylic acids is 1. The maximum absolute atomic E-state index is 12.1. The Kier molecular flexibility index (Phi) is 6.19. The predicted octanol–water partition coefficient (Wildman–Crippen LogP) is 1.24. The van der Waals surface area contributed by atoms with Crippen molar-refractivity contribution in [2.24, 2.45) is 0 Å². The largest absolute Gasteiger partial charge is 0.480 e. The van der Waals surface area contributed by atoms with Gasteiger partial charge >= 0.3 is 18.0 Å². The number of rotatable bonds is 6. The van der Waals surface area contributed by atoms with Crippen molar-refractivity contribution in [1.82, 2.24) is 5.32 Å². The van der Waals surface area contributed by atoms with Crippen LogP contribution in [0.15, 0.2) is 30.3 Å². The number of hydrogen-bond donors (Lipinski definition) is 2. The molecule has 1 rings (SSSR count). The van der Waals surface area contributed by atoms with Crippen LogP contribution in [-0.2, 0) is 14.3 Å². The second-order valence-corrected chi connectivity index (χ2v) is 4.24. The summed E-state index contributed by atoms with van der Waals surface area (Å²) in [4.78, 5) is 35.6. The zero-order valence-electron chi connectivity index (χ0n) is 11.9. The van der Waals surface area contributed by atoms with E-state index < -0.39 is 30.6 Å². The third-order valence-electron chi connectivity index (χ3n) is 2.59. The third-order valence-corrected chi connectivity index (χ3v) is 2.59. The van der Waals surface area contributed by atoms with Crippen LogP contribution in [0.1, 0.15) is 13.8 Å². The number of carbonyl (C=O) groups is 3. The van der Waals surface area contributed by atoms with Gasteiger partial charge < -0.3 is 15.2 Å². The van der Waals surface area contributed by atoms with Crippen molar-refractivity contribution in [3.63, 3.8) is 0 Å². The average Bonchev–Trinajstić information content (AvgIpc) is 2.45. The summed E-state index contributed by atoms with van der Waals surface area (Å²) < 4.78 is 4.78. The van der Waals surface area contributed by atoms with Crippen molar-refractivity contribution in [3.05, 3.63) is 30.3 Å². The van der Waals surface area contributed by atoms with Crippen LogP contribution >= 0.6 is 0 Å². The van der Waals surface area contributed by atoms with E-state index in [1.807, 2.05) is 0 Å². The average molecular weight is 294 g/mol. The van der Waals surface area contributed by atoms with Crippen LogP contribution in [0.4, 0.5) is 10.5 Å². The summed E-state index contributed by atoms with van der Waals surface area (Å²) in [5.74, 6) is -1.73. The van der Waals surface area contributed by atoms with Crippen molar-refractivity contribution in [2.45, 2.75) is 19.9 Å². The third kappa shape index (κ3) is 5.13. The minimum atomic E-state index is -1.15. The molecule has 0 bridgehead atoms. The molecule has 1 aromatic rings. The van der Waals surface area contributed by atoms with E-state index in [0.29, 0.717) is 5.69 Å². The molecule has 21 heavy (non-hydrogen) atoms. The minimum Gasteiger partial charge on any atom is -0.480 e. The fraction of sp³-hybridized carbons (Fsp3) is 0.357. The van der Waals surface area contributed by atoms with E-state index in [4.69, 9.17) is 9.84 Å². The van der Waals surface area contributed by atoms with Gasteiger partial charge in [0.15, 0.2) is 0 Å². The van der Waals surface area contributed by atoms with Gasteiger partial charge in [-0.15, -0.1) is 0 Å². The first-order valence-electron chi connectivity index (χ1n) is 6.47. The highest BCUT2D eigenvalue weighted by Gasteiger charge is 2.23. The van der Waals surface area contributed by atoms with Gasteiger partial charge in [0.25, 0.3) is 0 Å². The van der Waals surface area contributed by atoms with E-state index in [9.17, 15) is 14.4 Å². The van der Waals surface area contributed by atoms with Crippen LogP contribution in [0, 0.1) is 0 Å².